The standard InChI is InChI=1S/C26H31N3O5S/c1-16-7-8-17(2)25-20(16)13-18(26(31)27-25)15-29(21-5-4-6-23(21)30)35(32,33)19-9-10-22-24(14-19)34-12-11-28(22)3/h7-10,13-14,21,23,30H,4-6,11-12,15H2,1-3H3,(H,27,31)/t21-,23-/m0/s1. The van der Waals surface area contributed by atoms with E-state index in [0.717, 1.165) is 40.7 Å². The van der Waals surface area contributed by atoms with Gasteiger partial charge in [0, 0.05) is 30.6 Å². The van der Waals surface area contributed by atoms with Gasteiger partial charge in [0.25, 0.3) is 5.56 Å². The van der Waals surface area contributed by atoms with Gasteiger partial charge in [-0.15, -0.1) is 0 Å². The molecule has 2 N–H and O–H groups in total. The molecule has 2 heterocycles. The minimum atomic E-state index is -4.03. The Kier molecular flexibility index (Phi) is 6.11. The monoisotopic (exact) mass is 497 g/mol. The molecule has 3 aromatic rings. The van der Waals surface area contributed by atoms with Crippen molar-refractivity contribution in [1.82, 2.24) is 9.29 Å². The summed E-state index contributed by atoms with van der Waals surface area (Å²) in [6.45, 7) is 4.97. The van der Waals surface area contributed by atoms with Crippen molar-refractivity contribution in [2.45, 2.75) is 56.7 Å². The number of aliphatic hydroxyl groups is 1. The fourth-order valence-corrected chi connectivity index (χ4v) is 6.85. The van der Waals surface area contributed by atoms with Gasteiger partial charge in [-0.1, -0.05) is 12.1 Å². The molecule has 1 aromatic heterocycles. The van der Waals surface area contributed by atoms with Crippen LogP contribution in [0.5, 0.6) is 5.75 Å². The second-order valence-corrected chi connectivity index (χ2v) is 11.5. The third-order valence-electron chi connectivity index (χ3n) is 7.29. The third kappa shape index (κ3) is 4.22. The number of nitrogens with one attached hydrogen (secondary N) is 1. The van der Waals surface area contributed by atoms with Gasteiger partial charge in [0.1, 0.15) is 12.4 Å². The molecule has 1 fully saturated rings. The fraction of sp³-hybridized carbons (Fsp3) is 0.423. The first-order chi connectivity index (χ1) is 16.7. The van der Waals surface area contributed by atoms with Crippen molar-refractivity contribution in [2.24, 2.45) is 0 Å². The molecule has 2 atom stereocenters. The molecule has 35 heavy (non-hydrogen) atoms. The van der Waals surface area contributed by atoms with E-state index in [1.807, 2.05) is 37.9 Å². The number of hydrogen-bond donors (Lipinski definition) is 2. The lowest BCUT2D eigenvalue weighted by Crippen LogP contribution is -2.44. The quantitative estimate of drug-likeness (QED) is 0.562. The average Bonchev–Trinajstić information content (AvgIpc) is 3.25. The number of fused-ring (bicyclic) bond motifs is 2. The summed E-state index contributed by atoms with van der Waals surface area (Å²) in [5.41, 5.74) is 3.56. The van der Waals surface area contributed by atoms with Crippen LogP contribution in [0.15, 0.2) is 46.1 Å². The number of hydrogen-bond acceptors (Lipinski definition) is 6. The molecule has 0 amide bonds. The molecule has 9 heteroatoms. The Labute approximate surface area is 205 Å². The Morgan fingerprint density at radius 3 is 2.66 bits per heavy atom. The largest absolute Gasteiger partial charge is 0.490 e. The number of likely N-dealkylation sites (N-methyl/N-ethyl adjacent to an activating group) is 1. The number of aliphatic hydroxyl groups excluding tert-OH is 1. The molecule has 1 aliphatic carbocycles. The maximum atomic E-state index is 14.0. The van der Waals surface area contributed by atoms with Crippen LogP contribution in [0.3, 0.4) is 0 Å². The second kappa shape index (κ2) is 8.96. The van der Waals surface area contributed by atoms with Gasteiger partial charge in [0.05, 0.1) is 34.8 Å². The fourth-order valence-electron chi connectivity index (χ4n) is 5.18. The third-order valence-corrected chi connectivity index (χ3v) is 9.16. The summed E-state index contributed by atoms with van der Waals surface area (Å²) in [4.78, 5) is 18.1. The molecule has 8 nitrogen and oxygen atoms in total. The zero-order chi connectivity index (χ0) is 24.9. The zero-order valence-corrected chi connectivity index (χ0v) is 21.1. The lowest BCUT2D eigenvalue weighted by atomic mass is 10.0. The lowest BCUT2D eigenvalue weighted by molar-refractivity contribution is 0.110. The van der Waals surface area contributed by atoms with E-state index >= 15 is 0 Å². The maximum absolute atomic E-state index is 14.0. The molecule has 2 aliphatic rings. The first kappa shape index (κ1) is 23.8. The Morgan fingerprint density at radius 1 is 1.14 bits per heavy atom. The first-order valence-corrected chi connectivity index (χ1v) is 13.4. The molecule has 1 aliphatic heterocycles. The summed E-state index contributed by atoms with van der Waals surface area (Å²) in [7, 11) is -2.10. The van der Waals surface area contributed by atoms with Gasteiger partial charge in [-0.05, 0) is 62.4 Å². The topological polar surface area (TPSA) is 103 Å². The Hall–Kier alpha value is -2.88. The number of ether oxygens (including phenoxy) is 1. The maximum Gasteiger partial charge on any atom is 0.252 e. The van der Waals surface area contributed by atoms with Crippen molar-refractivity contribution in [2.75, 3.05) is 25.1 Å². The molecule has 186 valence electrons. The van der Waals surface area contributed by atoms with Crippen LogP contribution in [-0.4, -0.2) is 55.2 Å². The van der Waals surface area contributed by atoms with Gasteiger partial charge < -0.3 is 19.7 Å². The Balaban J connectivity index is 1.59. The van der Waals surface area contributed by atoms with Crippen LogP contribution in [0, 0.1) is 13.8 Å². The van der Waals surface area contributed by atoms with E-state index in [9.17, 15) is 18.3 Å². The van der Waals surface area contributed by atoms with Crippen molar-refractivity contribution >= 4 is 26.6 Å². The zero-order valence-electron chi connectivity index (χ0n) is 20.2. The van der Waals surface area contributed by atoms with Crippen molar-refractivity contribution in [3.63, 3.8) is 0 Å². The number of nitrogens with zero attached hydrogens (tertiary/aromatic N) is 2. The highest BCUT2D eigenvalue weighted by Crippen LogP contribution is 2.36. The van der Waals surface area contributed by atoms with Crippen molar-refractivity contribution < 1.29 is 18.3 Å². The minimum absolute atomic E-state index is 0.0925. The number of aryl methyl sites for hydroxylation is 2. The molecule has 2 aromatic carbocycles. The van der Waals surface area contributed by atoms with Gasteiger partial charge in [0.15, 0.2) is 0 Å². The molecular weight excluding hydrogens is 466 g/mol. The summed E-state index contributed by atoms with van der Waals surface area (Å²) >= 11 is 0. The smallest absolute Gasteiger partial charge is 0.252 e. The first-order valence-electron chi connectivity index (χ1n) is 12.0. The van der Waals surface area contributed by atoms with Crippen LogP contribution in [0.25, 0.3) is 10.9 Å². The molecular formula is C26H31N3O5S. The van der Waals surface area contributed by atoms with E-state index in [1.54, 1.807) is 24.3 Å². The highest BCUT2D eigenvalue weighted by Gasteiger charge is 2.39. The Morgan fingerprint density at radius 2 is 1.91 bits per heavy atom. The number of benzene rings is 2. The van der Waals surface area contributed by atoms with Gasteiger partial charge in [-0.25, -0.2) is 8.42 Å². The summed E-state index contributed by atoms with van der Waals surface area (Å²) in [5, 5.41) is 11.6. The molecule has 0 radical (unpaired) electrons. The number of H-pyrrole nitrogens is 1. The summed E-state index contributed by atoms with van der Waals surface area (Å²) in [5.74, 6) is 0.515. The highest BCUT2D eigenvalue weighted by molar-refractivity contribution is 7.89. The van der Waals surface area contributed by atoms with E-state index < -0.39 is 22.2 Å². The van der Waals surface area contributed by atoms with Gasteiger partial charge in [0.2, 0.25) is 10.0 Å². The van der Waals surface area contributed by atoms with Crippen molar-refractivity contribution in [1.29, 1.82) is 0 Å². The number of sulfonamides is 1. The molecule has 0 saturated heterocycles. The van der Waals surface area contributed by atoms with E-state index in [4.69, 9.17) is 4.74 Å². The lowest BCUT2D eigenvalue weighted by Gasteiger charge is -2.31. The van der Waals surface area contributed by atoms with Gasteiger partial charge >= 0.3 is 0 Å². The summed E-state index contributed by atoms with van der Waals surface area (Å²) in [6.07, 6.45) is 1.01. The van der Waals surface area contributed by atoms with Crippen LogP contribution in [0.4, 0.5) is 5.69 Å². The highest BCUT2D eigenvalue weighted by atomic mass is 32.2. The Bertz CT molecular complexity index is 1450. The molecule has 1 saturated carbocycles. The number of anilines is 1. The van der Waals surface area contributed by atoms with Crippen LogP contribution in [0.2, 0.25) is 0 Å². The van der Waals surface area contributed by atoms with Crippen LogP contribution in [0.1, 0.15) is 36.0 Å². The van der Waals surface area contributed by atoms with Gasteiger partial charge in [-0.3, -0.25) is 4.79 Å². The second-order valence-electron chi connectivity index (χ2n) is 9.63. The molecule has 0 spiro atoms. The number of rotatable bonds is 5. The van der Waals surface area contributed by atoms with Crippen LogP contribution in [-0.2, 0) is 16.6 Å². The number of aromatic nitrogens is 1. The predicted molar refractivity (Wildman–Crippen MR) is 136 cm³/mol. The number of pyridine rings is 1. The normalized spacial score (nSPS) is 20.3. The predicted octanol–water partition coefficient (Wildman–Crippen LogP) is 3.08. The van der Waals surface area contributed by atoms with Crippen molar-refractivity contribution in [3.8, 4) is 5.75 Å². The average molecular weight is 498 g/mol. The molecule has 5 rings (SSSR count). The van der Waals surface area contributed by atoms with E-state index in [2.05, 4.69) is 4.98 Å². The van der Waals surface area contributed by atoms with Crippen LogP contribution >= 0.6 is 0 Å². The number of aromatic amines is 1. The molecule has 0 bridgehead atoms. The SMILES string of the molecule is Cc1ccc(C)c2[nH]c(=O)c(CN([C@H]3CCC[C@@H]3O)S(=O)(=O)c3ccc4c(c3)OCCN4C)cc12. The van der Waals surface area contributed by atoms with Crippen LogP contribution < -0.4 is 15.2 Å². The summed E-state index contributed by atoms with van der Waals surface area (Å²) in [6, 6.07) is 9.99. The van der Waals surface area contributed by atoms with Gasteiger partial charge in [-0.2, -0.15) is 4.31 Å². The minimum Gasteiger partial charge on any atom is -0.490 e. The molecule has 0 unspecified atom stereocenters. The summed E-state index contributed by atoms with van der Waals surface area (Å²) < 4.78 is 35.0. The van der Waals surface area contributed by atoms with E-state index in [-0.39, 0.29) is 17.0 Å². The van der Waals surface area contributed by atoms with E-state index in [1.165, 1.54) is 4.31 Å². The van der Waals surface area contributed by atoms with Crippen molar-refractivity contribution in [3.05, 3.63) is 63.4 Å². The van der Waals surface area contributed by atoms with E-state index in [0.29, 0.717) is 30.8 Å².